The van der Waals surface area contributed by atoms with Crippen molar-refractivity contribution in [3.8, 4) is 5.75 Å². The number of halogens is 1. The van der Waals surface area contributed by atoms with Crippen LogP contribution < -0.4 is 10.1 Å². The van der Waals surface area contributed by atoms with Crippen LogP contribution in [0.3, 0.4) is 0 Å². The van der Waals surface area contributed by atoms with E-state index in [-0.39, 0.29) is 6.04 Å². The van der Waals surface area contributed by atoms with Crippen molar-refractivity contribution >= 4 is 15.9 Å². The molecular formula is C13H14BrNO2. The number of hydrogen-bond donors (Lipinski definition) is 1. The third-order valence-electron chi connectivity index (χ3n) is 2.65. The van der Waals surface area contributed by atoms with Crippen molar-refractivity contribution < 1.29 is 9.15 Å². The second kappa shape index (κ2) is 5.38. The number of methoxy groups -OCH3 is 1. The minimum atomic E-state index is -0.0319. The molecule has 0 fully saturated rings. The van der Waals surface area contributed by atoms with Gasteiger partial charge in [0, 0.05) is 5.56 Å². The van der Waals surface area contributed by atoms with E-state index in [0.717, 1.165) is 21.5 Å². The van der Waals surface area contributed by atoms with Crippen LogP contribution in [-0.4, -0.2) is 14.2 Å². The molecule has 0 radical (unpaired) electrons. The molecule has 0 aliphatic heterocycles. The van der Waals surface area contributed by atoms with Gasteiger partial charge in [-0.25, -0.2) is 0 Å². The lowest BCUT2D eigenvalue weighted by atomic mass is 10.0. The van der Waals surface area contributed by atoms with Crippen LogP contribution in [0.2, 0.25) is 0 Å². The predicted octanol–water partition coefficient (Wildman–Crippen LogP) is 3.36. The summed E-state index contributed by atoms with van der Waals surface area (Å²) in [7, 11) is 3.56. The number of ether oxygens (including phenoxy) is 1. The summed E-state index contributed by atoms with van der Waals surface area (Å²) in [5.74, 6) is 1.69. The van der Waals surface area contributed by atoms with Gasteiger partial charge >= 0.3 is 0 Å². The quantitative estimate of drug-likeness (QED) is 0.939. The van der Waals surface area contributed by atoms with Crippen molar-refractivity contribution in [3.63, 3.8) is 0 Å². The summed E-state index contributed by atoms with van der Waals surface area (Å²) < 4.78 is 11.8. The van der Waals surface area contributed by atoms with Crippen LogP contribution in [0.4, 0.5) is 0 Å². The molecule has 17 heavy (non-hydrogen) atoms. The van der Waals surface area contributed by atoms with E-state index in [1.807, 2.05) is 37.4 Å². The van der Waals surface area contributed by atoms with Crippen molar-refractivity contribution in [2.75, 3.05) is 14.2 Å². The molecular weight excluding hydrogens is 282 g/mol. The van der Waals surface area contributed by atoms with Crippen molar-refractivity contribution in [1.29, 1.82) is 0 Å². The van der Waals surface area contributed by atoms with Gasteiger partial charge in [-0.3, -0.25) is 0 Å². The van der Waals surface area contributed by atoms with Crippen LogP contribution >= 0.6 is 15.9 Å². The van der Waals surface area contributed by atoms with Gasteiger partial charge in [0.25, 0.3) is 0 Å². The maximum atomic E-state index is 5.51. The summed E-state index contributed by atoms with van der Waals surface area (Å²) in [5, 5.41) is 3.23. The first-order valence-corrected chi connectivity index (χ1v) is 6.10. The highest BCUT2D eigenvalue weighted by atomic mass is 79.9. The molecule has 2 rings (SSSR count). The molecule has 1 unspecified atom stereocenters. The SMILES string of the molecule is CNC(c1ccccc1OC)c1occc1Br. The average Bonchev–Trinajstić information content (AvgIpc) is 2.78. The molecule has 1 N–H and O–H groups in total. The second-order valence-electron chi connectivity index (χ2n) is 3.60. The minimum Gasteiger partial charge on any atom is -0.496 e. The zero-order chi connectivity index (χ0) is 12.3. The summed E-state index contributed by atoms with van der Waals surface area (Å²) in [4.78, 5) is 0. The Morgan fingerprint density at radius 1 is 1.29 bits per heavy atom. The molecule has 1 heterocycles. The van der Waals surface area contributed by atoms with Crippen molar-refractivity contribution in [2.24, 2.45) is 0 Å². The first-order chi connectivity index (χ1) is 8.27. The van der Waals surface area contributed by atoms with E-state index < -0.39 is 0 Å². The summed E-state index contributed by atoms with van der Waals surface area (Å²) in [6.45, 7) is 0. The van der Waals surface area contributed by atoms with Crippen LogP contribution in [0, 0.1) is 0 Å². The van der Waals surface area contributed by atoms with Crippen LogP contribution in [0.25, 0.3) is 0 Å². The molecule has 4 heteroatoms. The van der Waals surface area contributed by atoms with Gasteiger partial charge in [-0.1, -0.05) is 18.2 Å². The Morgan fingerprint density at radius 2 is 2.06 bits per heavy atom. The molecule has 0 amide bonds. The van der Waals surface area contributed by atoms with E-state index >= 15 is 0 Å². The molecule has 90 valence electrons. The van der Waals surface area contributed by atoms with Gasteiger partial charge in [-0.05, 0) is 35.1 Å². The maximum Gasteiger partial charge on any atom is 0.139 e. The Morgan fingerprint density at radius 3 is 2.65 bits per heavy atom. The average molecular weight is 296 g/mol. The lowest BCUT2D eigenvalue weighted by molar-refractivity contribution is 0.396. The molecule has 0 saturated carbocycles. The summed E-state index contributed by atoms with van der Waals surface area (Å²) in [6.07, 6.45) is 1.67. The van der Waals surface area contributed by atoms with Gasteiger partial charge in [0.1, 0.15) is 11.5 Å². The minimum absolute atomic E-state index is 0.0319. The number of hydrogen-bond acceptors (Lipinski definition) is 3. The van der Waals surface area contributed by atoms with E-state index in [0.29, 0.717) is 0 Å². The highest BCUT2D eigenvalue weighted by Gasteiger charge is 2.21. The number of benzene rings is 1. The molecule has 0 bridgehead atoms. The number of furan rings is 1. The Balaban J connectivity index is 2.46. The number of nitrogens with one attached hydrogen (secondary N) is 1. The van der Waals surface area contributed by atoms with Gasteiger partial charge < -0.3 is 14.5 Å². The topological polar surface area (TPSA) is 34.4 Å². The highest BCUT2D eigenvalue weighted by molar-refractivity contribution is 9.10. The fourth-order valence-electron chi connectivity index (χ4n) is 1.84. The lowest BCUT2D eigenvalue weighted by Crippen LogP contribution is -2.18. The Labute approximate surface area is 109 Å². The van der Waals surface area contributed by atoms with E-state index in [2.05, 4.69) is 21.2 Å². The van der Waals surface area contributed by atoms with E-state index in [4.69, 9.17) is 9.15 Å². The van der Waals surface area contributed by atoms with Crippen molar-refractivity contribution in [3.05, 3.63) is 52.4 Å². The van der Waals surface area contributed by atoms with Gasteiger partial charge in [-0.15, -0.1) is 0 Å². The fourth-order valence-corrected chi connectivity index (χ4v) is 2.27. The molecule has 0 aliphatic carbocycles. The van der Waals surface area contributed by atoms with Crippen LogP contribution in [-0.2, 0) is 0 Å². The van der Waals surface area contributed by atoms with Gasteiger partial charge in [0.2, 0.25) is 0 Å². The number of para-hydroxylation sites is 1. The van der Waals surface area contributed by atoms with Gasteiger partial charge in [0.15, 0.2) is 0 Å². The maximum absolute atomic E-state index is 5.51. The third-order valence-corrected chi connectivity index (χ3v) is 3.30. The van der Waals surface area contributed by atoms with Crippen molar-refractivity contribution in [1.82, 2.24) is 5.32 Å². The highest BCUT2D eigenvalue weighted by Crippen LogP contribution is 2.33. The molecule has 1 atom stereocenters. The lowest BCUT2D eigenvalue weighted by Gasteiger charge is -2.17. The summed E-state index contributed by atoms with van der Waals surface area (Å²) in [6, 6.07) is 9.75. The van der Waals surface area contributed by atoms with Gasteiger partial charge in [-0.2, -0.15) is 0 Å². The smallest absolute Gasteiger partial charge is 0.139 e. The zero-order valence-electron chi connectivity index (χ0n) is 9.74. The molecule has 0 spiro atoms. The second-order valence-corrected chi connectivity index (χ2v) is 4.45. The van der Waals surface area contributed by atoms with Crippen LogP contribution in [0.15, 0.2) is 45.5 Å². The first kappa shape index (κ1) is 12.2. The number of rotatable bonds is 4. The fraction of sp³-hybridized carbons (Fsp3) is 0.231. The van der Waals surface area contributed by atoms with Crippen LogP contribution in [0.5, 0.6) is 5.75 Å². The van der Waals surface area contributed by atoms with E-state index in [1.54, 1.807) is 13.4 Å². The molecule has 0 aliphatic rings. The summed E-state index contributed by atoms with van der Waals surface area (Å²) >= 11 is 3.48. The van der Waals surface area contributed by atoms with E-state index in [1.165, 1.54) is 0 Å². The predicted molar refractivity (Wildman–Crippen MR) is 70.3 cm³/mol. The largest absolute Gasteiger partial charge is 0.496 e. The Bertz CT molecular complexity index is 496. The molecule has 3 nitrogen and oxygen atoms in total. The van der Waals surface area contributed by atoms with E-state index in [9.17, 15) is 0 Å². The Kier molecular flexibility index (Phi) is 3.86. The first-order valence-electron chi connectivity index (χ1n) is 5.31. The third kappa shape index (κ3) is 2.37. The molecule has 0 saturated heterocycles. The van der Waals surface area contributed by atoms with Crippen LogP contribution in [0.1, 0.15) is 17.4 Å². The Hall–Kier alpha value is -1.26. The van der Waals surface area contributed by atoms with Gasteiger partial charge in [0.05, 0.1) is 23.9 Å². The molecule has 2 aromatic rings. The summed E-state index contributed by atoms with van der Waals surface area (Å²) in [5.41, 5.74) is 1.05. The standard InChI is InChI=1S/C13H14BrNO2/c1-15-12(13-10(14)7-8-17-13)9-5-3-4-6-11(9)16-2/h3-8,12,15H,1-2H3. The molecule has 1 aromatic heterocycles. The monoisotopic (exact) mass is 295 g/mol. The zero-order valence-corrected chi connectivity index (χ0v) is 11.3. The van der Waals surface area contributed by atoms with Crippen molar-refractivity contribution in [2.45, 2.75) is 6.04 Å². The molecule has 1 aromatic carbocycles. The normalized spacial score (nSPS) is 12.4.